The molecule has 1 unspecified atom stereocenters. The van der Waals surface area contributed by atoms with Gasteiger partial charge < -0.3 is 10.1 Å². The van der Waals surface area contributed by atoms with Gasteiger partial charge in [-0.25, -0.2) is 4.98 Å². The van der Waals surface area contributed by atoms with Crippen LogP contribution in [0.3, 0.4) is 0 Å². The zero-order valence-corrected chi connectivity index (χ0v) is 13.6. The number of hydrogen-bond donors (Lipinski definition) is 1. The SMILES string of the molecule is O=C(NCC1Cc2ccccc2O1)c1ccc2nc(Cl)ccc2c1. The van der Waals surface area contributed by atoms with Gasteiger partial charge in [-0.3, -0.25) is 4.79 Å². The molecule has 1 N–H and O–H groups in total. The number of amides is 1. The van der Waals surface area contributed by atoms with Crippen molar-refractivity contribution >= 4 is 28.4 Å². The fourth-order valence-electron chi connectivity index (χ4n) is 2.92. The van der Waals surface area contributed by atoms with Crippen molar-refractivity contribution in [1.29, 1.82) is 0 Å². The summed E-state index contributed by atoms with van der Waals surface area (Å²) in [6.07, 6.45) is 0.795. The predicted molar refractivity (Wildman–Crippen MR) is 93.6 cm³/mol. The summed E-state index contributed by atoms with van der Waals surface area (Å²) in [5.41, 5.74) is 2.56. The number of para-hydroxylation sites is 1. The fraction of sp³-hybridized carbons (Fsp3) is 0.158. The molecule has 1 atom stereocenters. The first-order valence-electron chi connectivity index (χ1n) is 7.78. The van der Waals surface area contributed by atoms with Crippen molar-refractivity contribution in [2.45, 2.75) is 12.5 Å². The largest absolute Gasteiger partial charge is 0.488 e. The van der Waals surface area contributed by atoms with Crippen molar-refractivity contribution < 1.29 is 9.53 Å². The summed E-state index contributed by atoms with van der Waals surface area (Å²) >= 11 is 5.88. The third-order valence-electron chi connectivity index (χ3n) is 4.12. The molecule has 0 bridgehead atoms. The number of aromatic nitrogens is 1. The van der Waals surface area contributed by atoms with Crippen LogP contribution >= 0.6 is 11.6 Å². The number of halogens is 1. The number of benzene rings is 2. The van der Waals surface area contributed by atoms with Gasteiger partial charge in [-0.05, 0) is 42.0 Å². The Labute approximate surface area is 144 Å². The van der Waals surface area contributed by atoms with Crippen LogP contribution in [-0.4, -0.2) is 23.5 Å². The Kier molecular flexibility index (Phi) is 3.82. The first kappa shape index (κ1) is 15.0. The smallest absolute Gasteiger partial charge is 0.251 e. The van der Waals surface area contributed by atoms with Gasteiger partial charge in [0, 0.05) is 17.4 Å². The number of carbonyl (C=O) groups is 1. The van der Waals surface area contributed by atoms with E-state index in [4.69, 9.17) is 16.3 Å². The number of nitrogens with one attached hydrogen (secondary N) is 1. The summed E-state index contributed by atoms with van der Waals surface area (Å²) in [7, 11) is 0. The Morgan fingerprint density at radius 1 is 1.21 bits per heavy atom. The molecule has 4 rings (SSSR count). The molecular formula is C19H15ClN2O2. The Morgan fingerprint density at radius 2 is 2.08 bits per heavy atom. The van der Waals surface area contributed by atoms with E-state index in [9.17, 15) is 4.79 Å². The van der Waals surface area contributed by atoms with E-state index in [0.29, 0.717) is 17.3 Å². The molecule has 0 radical (unpaired) electrons. The molecule has 1 aliphatic heterocycles. The summed E-state index contributed by atoms with van der Waals surface area (Å²) in [5.74, 6) is 0.789. The Hall–Kier alpha value is -2.59. The molecule has 1 amide bonds. The Morgan fingerprint density at radius 3 is 2.96 bits per heavy atom. The molecule has 24 heavy (non-hydrogen) atoms. The summed E-state index contributed by atoms with van der Waals surface area (Å²) in [6, 6.07) is 16.9. The highest BCUT2D eigenvalue weighted by Gasteiger charge is 2.22. The van der Waals surface area contributed by atoms with Crippen LogP contribution in [0, 0.1) is 0 Å². The van der Waals surface area contributed by atoms with E-state index < -0.39 is 0 Å². The molecule has 0 saturated heterocycles. The lowest BCUT2D eigenvalue weighted by Crippen LogP contribution is -2.34. The molecule has 0 saturated carbocycles. The topological polar surface area (TPSA) is 51.2 Å². The lowest BCUT2D eigenvalue weighted by atomic mass is 10.1. The second-order valence-corrected chi connectivity index (χ2v) is 6.19. The molecule has 3 aromatic rings. The van der Waals surface area contributed by atoms with Crippen LogP contribution in [0.15, 0.2) is 54.6 Å². The van der Waals surface area contributed by atoms with Gasteiger partial charge >= 0.3 is 0 Å². The molecule has 0 spiro atoms. The van der Waals surface area contributed by atoms with E-state index in [1.807, 2.05) is 30.3 Å². The van der Waals surface area contributed by atoms with Gasteiger partial charge in [0.05, 0.1) is 12.1 Å². The number of nitrogens with zero attached hydrogens (tertiary/aromatic N) is 1. The van der Waals surface area contributed by atoms with Crippen molar-refractivity contribution in [3.63, 3.8) is 0 Å². The van der Waals surface area contributed by atoms with E-state index in [0.717, 1.165) is 23.1 Å². The van der Waals surface area contributed by atoms with Crippen LogP contribution in [0.25, 0.3) is 10.9 Å². The van der Waals surface area contributed by atoms with Gasteiger partial charge in [0.15, 0.2) is 0 Å². The highest BCUT2D eigenvalue weighted by atomic mass is 35.5. The highest BCUT2D eigenvalue weighted by Crippen LogP contribution is 2.27. The van der Waals surface area contributed by atoms with E-state index in [1.165, 1.54) is 5.56 Å². The molecule has 0 aliphatic carbocycles. The van der Waals surface area contributed by atoms with Crippen LogP contribution in [-0.2, 0) is 6.42 Å². The number of fused-ring (bicyclic) bond motifs is 2. The number of carbonyl (C=O) groups excluding carboxylic acids is 1. The molecule has 120 valence electrons. The van der Waals surface area contributed by atoms with E-state index in [1.54, 1.807) is 18.2 Å². The van der Waals surface area contributed by atoms with E-state index in [2.05, 4.69) is 16.4 Å². The maximum atomic E-state index is 12.4. The second-order valence-electron chi connectivity index (χ2n) is 5.80. The zero-order valence-electron chi connectivity index (χ0n) is 12.8. The maximum Gasteiger partial charge on any atom is 0.251 e. The minimum Gasteiger partial charge on any atom is -0.488 e. The van der Waals surface area contributed by atoms with Gasteiger partial charge in [0.2, 0.25) is 0 Å². The van der Waals surface area contributed by atoms with Crippen molar-refractivity contribution in [3.05, 3.63) is 70.9 Å². The van der Waals surface area contributed by atoms with Gasteiger partial charge in [0.25, 0.3) is 5.91 Å². The van der Waals surface area contributed by atoms with Gasteiger partial charge in [-0.2, -0.15) is 0 Å². The first-order chi connectivity index (χ1) is 11.7. The summed E-state index contributed by atoms with van der Waals surface area (Å²) in [5, 5.41) is 4.27. The highest BCUT2D eigenvalue weighted by molar-refractivity contribution is 6.29. The van der Waals surface area contributed by atoms with E-state index in [-0.39, 0.29) is 12.0 Å². The third kappa shape index (κ3) is 2.93. The molecule has 2 aromatic carbocycles. The number of rotatable bonds is 3. The van der Waals surface area contributed by atoms with Crippen LogP contribution in [0.1, 0.15) is 15.9 Å². The Bertz CT molecular complexity index is 901. The molecule has 1 aliphatic rings. The summed E-state index contributed by atoms with van der Waals surface area (Å²) < 4.78 is 5.84. The average molecular weight is 339 g/mol. The normalized spacial score (nSPS) is 15.8. The summed E-state index contributed by atoms with van der Waals surface area (Å²) in [4.78, 5) is 16.6. The lowest BCUT2D eigenvalue weighted by molar-refractivity contribution is 0.0933. The molecule has 2 heterocycles. The number of ether oxygens (including phenoxy) is 1. The zero-order chi connectivity index (χ0) is 16.5. The molecule has 1 aromatic heterocycles. The molecule has 0 fully saturated rings. The second kappa shape index (κ2) is 6.13. The van der Waals surface area contributed by atoms with Gasteiger partial charge in [0.1, 0.15) is 17.0 Å². The minimum atomic E-state index is -0.119. The van der Waals surface area contributed by atoms with Crippen molar-refractivity contribution in [2.75, 3.05) is 6.54 Å². The van der Waals surface area contributed by atoms with E-state index >= 15 is 0 Å². The molecule has 4 nitrogen and oxygen atoms in total. The maximum absolute atomic E-state index is 12.4. The monoisotopic (exact) mass is 338 g/mol. The number of pyridine rings is 1. The van der Waals surface area contributed by atoms with Gasteiger partial charge in [-0.15, -0.1) is 0 Å². The van der Waals surface area contributed by atoms with Crippen LogP contribution < -0.4 is 10.1 Å². The van der Waals surface area contributed by atoms with Crippen molar-refractivity contribution in [1.82, 2.24) is 10.3 Å². The standard InChI is InChI=1S/C19H15ClN2O2/c20-18-8-6-12-9-14(5-7-16(12)22-18)19(23)21-11-15-10-13-3-1-2-4-17(13)24-15/h1-9,15H,10-11H2,(H,21,23). The average Bonchev–Trinajstić information content (AvgIpc) is 3.02. The summed E-state index contributed by atoms with van der Waals surface area (Å²) in [6.45, 7) is 0.477. The number of hydrogen-bond acceptors (Lipinski definition) is 3. The lowest BCUT2D eigenvalue weighted by Gasteiger charge is -2.12. The van der Waals surface area contributed by atoms with Crippen LogP contribution in [0.2, 0.25) is 5.15 Å². The van der Waals surface area contributed by atoms with Crippen molar-refractivity contribution in [3.8, 4) is 5.75 Å². The van der Waals surface area contributed by atoms with Crippen LogP contribution in [0.5, 0.6) is 5.75 Å². The molecular weight excluding hydrogens is 324 g/mol. The fourth-order valence-corrected chi connectivity index (χ4v) is 3.07. The van der Waals surface area contributed by atoms with Gasteiger partial charge in [-0.1, -0.05) is 29.8 Å². The Balaban J connectivity index is 1.43. The van der Waals surface area contributed by atoms with Crippen LogP contribution in [0.4, 0.5) is 0 Å². The van der Waals surface area contributed by atoms with Crippen molar-refractivity contribution in [2.24, 2.45) is 0 Å². The first-order valence-corrected chi connectivity index (χ1v) is 8.16. The minimum absolute atomic E-state index is 0.0210. The predicted octanol–water partition coefficient (Wildman–Crippen LogP) is 3.62. The molecule has 5 heteroatoms. The third-order valence-corrected chi connectivity index (χ3v) is 4.33. The quantitative estimate of drug-likeness (QED) is 0.742.